The van der Waals surface area contributed by atoms with Gasteiger partial charge in [-0.25, -0.2) is 0 Å². The van der Waals surface area contributed by atoms with Crippen LogP contribution in [0.15, 0.2) is 72.8 Å². The number of aromatic nitrogens is 1. The Balaban J connectivity index is 1.63. The van der Waals surface area contributed by atoms with Gasteiger partial charge in [-0.15, -0.1) is 0 Å². The summed E-state index contributed by atoms with van der Waals surface area (Å²) in [7, 11) is 0. The van der Waals surface area contributed by atoms with Crippen molar-refractivity contribution in [2.75, 3.05) is 10.6 Å². The van der Waals surface area contributed by atoms with E-state index in [2.05, 4.69) is 15.6 Å². The molecule has 4 aromatic rings. The van der Waals surface area contributed by atoms with Gasteiger partial charge in [0.25, 0.3) is 11.8 Å². The first kappa shape index (κ1) is 25.7. The second kappa shape index (κ2) is 9.57. The summed E-state index contributed by atoms with van der Waals surface area (Å²) in [4.78, 5) is 29.7. The van der Waals surface area contributed by atoms with Gasteiger partial charge in [-0.2, -0.15) is 26.3 Å². The van der Waals surface area contributed by atoms with Gasteiger partial charge >= 0.3 is 12.4 Å². The van der Waals surface area contributed by atoms with Crippen molar-refractivity contribution in [2.45, 2.75) is 19.3 Å². The van der Waals surface area contributed by atoms with Crippen LogP contribution in [0.5, 0.6) is 0 Å². The van der Waals surface area contributed by atoms with Crippen LogP contribution < -0.4 is 10.6 Å². The van der Waals surface area contributed by atoms with Crippen molar-refractivity contribution in [3.05, 3.63) is 101 Å². The molecule has 0 atom stereocenters. The Morgan fingerprint density at radius 1 is 0.703 bits per heavy atom. The van der Waals surface area contributed by atoms with Gasteiger partial charge in [-0.3, -0.25) is 14.6 Å². The lowest BCUT2D eigenvalue weighted by molar-refractivity contribution is -0.138. The number of pyridine rings is 1. The van der Waals surface area contributed by atoms with Gasteiger partial charge in [0.2, 0.25) is 0 Å². The van der Waals surface area contributed by atoms with Crippen molar-refractivity contribution in [1.82, 2.24) is 4.98 Å². The van der Waals surface area contributed by atoms with E-state index in [0.717, 1.165) is 36.4 Å². The number of benzene rings is 3. The average Bonchev–Trinajstić information content (AvgIpc) is 2.83. The van der Waals surface area contributed by atoms with Crippen LogP contribution in [0.2, 0.25) is 0 Å². The van der Waals surface area contributed by atoms with E-state index in [0.29, 0.717) is 16.6 Å². The number of hydrogen-bond donors (Lipinski definition) is 2. The third kappa shape index (κ3) is 5.88. The van der Waals surface area contributed by atoms with Crippen LogP contribution in [0.25, 0.3) is 10.9 Å². The Morgan fingerprint density at radius 3 is 1.78 bits per heavy atom. The second-order valence-electron chi connectivity index (χ2n) is 8.11. The summed E-state index contributed by atoms with van der Waals surface area (Å²) in [5.41, 5.74) is -1.03. The molecule has 0 saturated heterocycles. The zero-order valence-corrected chi connectivity index (χ0v) is 19.0. The van der Waals surface area contributed by atoms with Crippen LogP contribution in [0.1, 0.15) is 37.5 Å². The van der Waals surface area contributed by atoms with Crippen molar-refractivity contribution in [2.24, 2.45) is 0 Å². The number of halogens is 6. The summed E-state index contributed by atoms with van der Waals surface area (Å²) in [5, 5.41) is 5.44. The Labute approximate surface area is 206 Å². The van der Waals surface area contributed by atoms with Crippen LogP contribution >= 0.6 is 0 Å². The molecule has 0 aliphatic rings. The minimum atomic E-state index is -4.62. The SMILES string of the molecule is Cc1cc(NC(=O)c2cccc(C(F)(F)F)c2)c2cc(NC(=O)c3cccc(C(F)(F)F)c3)ccc2n1. The van der Waals surface area contributed by atoms with Gasteiger partial charge in [0.1, 0.15) is 0 Å². The minimum Gasteiger partial charge on any atom is -0.322 e. The number of aryl methyl sites for hydroxylation is 1. The van der Waals surface area contributed by atoms with Gasteiger partial charge in [-0.1, -0.05) is 12.1 Å². The highest BCUT2D eigenvalue weighted by Crippen LogP contribution is 2.32. The Morgan fingerprint density at radius 2 is 1.24 bits per heavy atom. The Hall–Kier alpha value is -4.41. The summed E-state index contributed by atoms with van der Waals surface area (Å²) in [6, 6.07) is 13.8. The maximum absolute atomic E-state index is 13.0. The van der Waals surface area contributed by atoms with Crippen molar-refractivity contribution < 1.29 is 35.9 Å². The van der Waals surface area contributed by atoms with E-state index < -0.39 is 35.3 Å². The van der Waals surface area contributed by atoms with Crippen LogP contribution in [-0.4, -0.2) is 16.8 Å². The highest BCUT2D eigenvalue weighted by molar-refractivity contribution is 6.10. The summed E-state index contributed by atoms with van der Waals surface area (Å²) in [6.07, 6.45) is -9.24. The topological polar surface area (TPSA) is 71.1 Å². The number of carbonyl (C=O) groups is 2. The van der Waals surface area contributed by atoms with Gasteiger partial charge in [0.05, 0.1) is 22.3 Å². The lowest BCUT2D eigenvalue weighted by atomic mass is 10.1. The highest BCUT2D eigenvalue weighted by atomic mass is 19.4. The molecule has 3 aromatic carbocycles. The molecule has 11 heteroatoms. The molecule has 0 bridgehead atoms. The third-order valence-electron chi connectivity index (χ3n) is 5.35. The first-order valence-corrected chi connectivity index (χ1v) is 10.7. The molecular formula is C26H17F6N3O2. The standard InChI is InChI=1S/C26H17F6N3O2/c1-14-10-22(35-24(37)16-5-3-7-18(12-16)26(30,31)32)20-13-19(8-9-21(20)33-14)34-23(36)15-4-2-6-17(11-15)25(27,28)29/h2-13H,1H3,(H,34,36)(H,33,35,37). The molecule has 190 valence electrons. The average molecular weight is 517 g/mol. The van der Waals surface area contributed by atoms with Crippen molar-refractivity contribution in [3.63, 3.8) is 0 Å². The molecule has 4 rings (SSSR count). The summed E-state index contributed by atoms with van der Waals surface area (Å²) in [6.45, 7) is 1.66. The van der Waals surface area contributed by atoms with Crippen LogP contribution in [0.3, 0.4) is 0 Å². The quantitative estimate of drug-likeness (QED) is 0.284. The Bertz CT molecular complexity index is 1510. The lowest BCUT2D eigenvalue weighted by Crippen LogP contribution is -2.15. The van der Waals surface area contributed by atoms with Crippen molar-refractivity contribution in [3.8, 4) is 0 Å². The molecule has 0 radical (unpaired) electrons. The molecule has 0 aliphatic carbocycles. The molecule has 2 N–H and O–H groups in total. The smallest absolute Gasteiger partial charge is 0.322 e. The van der Waals surface area contributed by atoms with Gasteiger partial charge in [0, 0.05) is 27.9 Å². The van der Waals surface area contributed by atoms with Gasteiger partial charge in [0.15, 0.2) is 0 Å². The van der Waals surface area contributed by atoms with E-state index in [1.807, 2.05) is 0 Å². The molecule has 0 aliphatic heterocycles. The number of alkyl halides is 6. The third-order valence-corrected chi connectivity index (χ3v) is 5.35. The molecule has 0 fully saturated rings. The lowest BCUT2D eigenvalue weighted by Gasteiger charge is -2.13. The molecule has 5 nitrogen and oxygen atoms in total. The van der Waals surface area contributed by atoms with E-state index in [4.69, 9.17) is 0 Å². The number of anilines is 2. The number of hydrogen-bond acceptors (Lipinski definition) is 3. The summed E-state index contributed by atoms with van der Waals surface area (Å²) < 4.78 is 78.1. The normalized spacial score (nSPS) is 11.9. The largest absolute Gasteiger partial charge is 0.416 e. The first-order valence-electron chi connectivity index (χ1n) is 10.7. The fourth-order valence-corrected chi connectivity index (χ4v) is 3.61. The minimum absolute atomic E-state index is 0.204. The van der Waals surface area contributed by atoms with Crippen LogP contribution in [0, 0.1) is 6.92 Å². The zero-order valence-electron chi connectivity index (χ0n) is 19.0. The molecule has 37 heavy (non-hydrogen) atoms. The van der Waals surface area contributed by atoms with E-state index in [9.17, 15) is 35.9 Å². The highest BCUT2D eigenvalue weighted by Gasteiger charge is 2.31. The molecular weight excluding hydrogens is 500 g/mol. The van der Waals surface area contributed by atoms with Gasteiger partial charge in [-0.05, 0) is 67.6 Å². The van der Waals surface area contributed by atoms with E-state index in [1.165, 1.54) is 36.4 Å². The first-order chi connectivity index (χ1) is 17.3. The van der Waals surface area contributed by atoms with Gasteiger partial charge < -0.3 is 10.6 Å². The molecule has 1 heterocycles. The number of rotatable bonds is 4. The summed E-state index contributed by atoms with van der Waals surface area (Å²) in [5.74, 6) is -1.59. The number of amides is 2. The Kier molecular flexibility index (Phi) is 6.64. The van der Waals surface area contributed by atoms with E-state index >= 15 is 0 Å². The van der Waals surface area contributed by atoms with Crippen LogP contribution in [0.4, 0.5) is 37.7 Å². The van der Waals surface area contributed by atoms with Crippen LogP contribution in [-0.2, 0) is 12.4 Å². The molecule has 0 unspecified atom stereocenters. The predicted octanol–water partition coefficient (Wildman–Crippen LogP) is 7.09. The molecule has 0 spiro atoms. The van der Waals surface area contributed by atoms with E-state index in [1.54, 1.807) is 6.92 Å². The monoisotopic (exact) mass is 517 g/mol. The maximum atomic E-state index is 13.0. The number of nitrogens with zero attached hydrogens (tertiary/aromatic N) is 1. The summed E-state index contributed by atoms with van der Waals surface area (Å²) >= 11 is 0. The fraction of sp³-hybridized carbons (Fsp3) is 0.115. The molecule has 2 amide bonds. The maximum Gasteiger partial charge on any atom is 0.416 e. The van der Waals surface area contributed by atoms with Crippen molar-refractivity contribution in [1.29, 1.82) is 0 Å². The number of fused-ring (bicyclic) bond motifs is 1. The molecule has 1 aromatic heterocycles. The second-order valence-corrected chi connectivity index (χ2v) is 8.11. The van der Waals surface area contributed by atoms with Crippen molar-refractivity contribution >= 4 is 34.1 Å². The number of nitrogens with one attached hydrogen (secondary N) is 2. The predicted molar refractivity (Wildman–Crippen MR) is 125 cm³/mol. The van der Waals surface area contributed by atoms with E-state index in [-0.39, 0.29) is 22.5 Å². The number of carbonyl (C=O) groups excluding carboxylic acids is 2. The molecule has 0 saturated carbocycles. The fourth-order valence-electron chi connectivity index (χ4n) is 3.61. The zero-order chi connectivity index (χ0) is 27.0.